The Bertz CT molecular complexity index is 286. The van der Waals surface area contributed by atoms with Gasteiger partial charge in [-0.25, -0.2) is 0 Å². The highest BCUT2D eigenvalue weighted by Crippen LogP contribution is 2.49. The first-order chi connectivity index (χ1) is 7.79. The van der Waals surface area contributed by atoms with Crippen LogP contribution in [-0.2, 0) is 4.79 Å². The van der Waals surface area contributed by atoms with Gasteiger partial charge in [-0.15, -0.1) is 11.6 Å². The third-order valence-corrected chi connectivity index (χ3v) is 5.25. The highest BCUT2D eigenvalue weighted by Gasteiger charge is 2.45. The molecular formula is C13H20ClNO. The Hall–Kier alpha value is -0.240. The van der Waals surface area contributed by atoms with Gasteiger partial charge in [-0.05, 0) is 43.9 Å². The number of alkyl halides is 1. The van der Waals surface area contributed by atoms with Crippen molar-refractivity contribution in [1.29, 1.82) is 0 Å². The SMILES string of the molecule is O=C(C1CC2CCC1C2)N1CCCC1CCl. The predicted molar refractivity (Wildman–Crippen MR) is 64.4 cm³/mol. The van der Waals surface area contributed by atoms with Crippen molar-refractivity contribution < 1.29 is 4.79 Å². The van der Waals surface area contributed by atoms with Gasteiger partial charge in [0, 0.05) is 24.4 Å². The zero-order valence-electron chi connectivity index (χ0n) is 9.70. The number of carbonyl (C=O) groups excluding carboxylic acids is 1. The molecule has 3 fully saturated rings. The van der Waals surface area contributed by atoms with E-state index in [2.05, 4.69) is 4.90 Å². The summed E-state index contributed by atoms with van der Waals surface area (Å²) in [6, 6.07) is 0.327. The number of nitrogens with zero attached hydrogens (tertiary/aromatic N) is 1. The first kappa shape index (κ1) is 10.9. The Morgan fingerprint density at radius 3 is 2.75 bits per heavy atom. The lowest BCUT2D eigenvalue weighted by Crippen LogP contribution is -2.42. The third-order valence-electron chi connectivity index (χ3n) is 4.89. The number of rotatable bonds is 2. The molecule has 4 atom stereocenters. The van der Waals surface area contributed by atoms with Crippen LogP contribution in [0.1, 0.15) is 38.5 Å². The van der Waals surface area contributed by atoms with Gasteiger partial charge in [0.05, 0.1) is 0 Å². The number of amides is 1. The number of likely N-dealkylation sites (tertiary alicyclic amines) is 1. The Morgan fingerprint density at radius 2 is 2.12 bits per heavy atom. The van der Waals surface area contributed by atoms with E-state index in [4.69, 9.17) is 11.6 Å². The standard InChI is InChI=1S/C13H20ClNO/c14-8-11-2-1-5-15(11)13(16)12-7-9-3-4-10(12)6-9/h9-12H,1-8H2. The Morgan fingerprint density at radius 1 is 1.25 bits per heavy atom. The van der Waals surface area contributed by atoms with Crippen molar-refractivity contribution in [1.82, 2.24) is 4.90 Å². The van der Waals surface area contributed by atoms with Crippen LogP contribution in [0.4, 0.5) is 0 Å². The minimum atomic E-state index is 0.327. The van der Waals surface area contributed by atoms with Crippen molar-refractivity contribution >= 4 is 17.5 Å². The van der Waals surface area contributed by atoms with Gasteiger partial charge in [0.1, 0.15) is 0 Å². The number of carbonyl (C=O) groups is 1. The molecule has 0 aromatic carbocycles. The molecule has 2 saturated carbocycles. The smallest absolute Gasteiger partial charge is 0.226 e. The van der Waals surface area contributed by atoms with E-state index in [9.17, 15) is 4.79 Å². The number of hydrogen-bond donors (Lipinski definition) is 0. The lowest BCUT2D eigenvalue weighted by Gasteiger charge is -2.29. The van der Waals surface area contributed by atoms with E-state index in [1.165, 1.54) is 19.3 Å². The second-order valence-corrected chi connectivity index (χ2v) is 6.07. The van der Waals surface area contributed by atoms with E-state index < -0.39 is 0 Å². The first-order valence-corrected chi connectivity index (χ1v) is 7.19. The lowest BCUT2D eigenvalue weighted by molar-refractivity contribution is -0.137. The summed E-state index contributed by atoms with van der Waals surface area (Å²) in [4.78, 5) is 14.6. The molecule has 2 bridgehead atoms. The second kappa shape index (κ2) is 4.21. The molecule has 3 rings (SSSR count). The predicted octanol–water partition coefficient (Wildman–Crippen LogP) is 2.65. The molecular weight excluding hydrogens is 222 g/mol. The van der Waals surface area contributed by atoms with E-state index in [0.29, 0.717) is 29.7 Å². The maximum Gasteiger partial charge on any atom is 0.226 e. The maximum absolute atomic E-state index is 12.5. The van der Waals surface area contributed by atoms with Crippen LogP contribution in [0.15, 0.2) is 0 Å². The van der Waals surface area contributed by atoms with Gasteiger partial charge in [0.2, 0.25) is 5.91 Å². The maximum atomic E-state index is 12.5. The summed E-state index contributed by atoms with van der Waals surface area (Å²) in [7, 11) is 0. The Labute approximate surface area is 102 Å². The molecule has 16 heavy (non-hydrogen) atoms. The zero-order valence-corrected chi connectivity index (χ0v) is 10.5. The van der Waals surface area contributed by atoms with Gasteiger partial charge in [0.15, 0.2) is 0 Å². The molecule has 0 spiro atoms. The largest absolute Gasteiger partial charge is 0.338 e. The summed E-state index contributed by atoms with van der Waals surface area (Å²) in [6.07, 6.45) is 7.39. The Balaban J connectivity index is 1.68. The van der Waals surface area contributed by atoms with Crippen LogP contribution in [0.25, 0.3) is 0 Å². The minimum Gasteiger partial charge on any atom is -0.338 e. The van der Waals surface area contributed by atoms with Crippen molar-refractivity contribution in [2.24, 2.45) is 17.8 Å². The fourth-order valence-corrected chi connectivity index (χ4v) is 4.37. The molecule has 1 aliphatic heterocycles. The van der Waals surface area contributed by atoms with Crippen LogP contribution in [0.5, 0.6) is 0 Å². The normalized spacial score (nSPS) is 41.9. The van der Waals surface area contributed by atoms with Crippen LogP contribution in [0.3, 0.4) is 0 Å². The molecule has 2 nitrogen and oxygen atoms in total. The summed E-state index contributed by atoms with van der Waals surface area (Å²) in [5.74, 6) is 2.95. The van der Waals surface area contributed by atoms with Gasteiger partial charge in [-0.2, -0.15) is 0 Å². The van der Waals surface area contributed by atoms with Crippen molar-refractivity contribution in [3.05, 3.63) is 0 Å². The molecule has 1 heterocycles. The number of hydrogen-bond acceptors (Lipinski definition) is 1. The fraction of sp³-hybridized carbons (Fsp3) is 0.923. The third kappa shape index (κ3) is 1.66. The van der Waals surface area contributed by atoms with Crippen LogP contribution >= 0.6 is 11.6 Å². The van der Waals surface area contributed by atoms with Gasteiger partial charge in [-0.1, -0.05) is 6.42 Å². The summed E-state index contributed by atoms with van der Waals surface area (Å²) in [6.45, 7) is 0.949. The minimum absolute atomic E-state index is 0.327. The molecule has 4 unspecified atom stereocenters. The summed E-state index contributed by atoms with van der Waals surface area (Å²) in [5.41, 5.74) is 0. The summed E-state index contributed by atoms with van der Waals surface area (Å²) < 4.78 is 0. The quantitative estimate of drug-likeness (QED) is 0.681. The highest BCUT2D eigenvalue weighted by atomic mass is 35.5. The topological polar surface area (TPSA) is 20.3 Å². The monoisotopic (exact) mass is 241 g/mol. The van der Waals surface area contributed by atoms with E-state index in [-0.39, 0.29) is 0 Å². The van der Waals surface area contributed by atoms with Gasteiger partial charge in [0.25, 0.3) is 0 Å². The summed E-state index contributed by atoms with van der Waals surface area (Å²) >= 11 is 5.94. The molecule has 1 amide bonds. The molecule has 1 saturated heterocycles. The van der Waals surface area contributed by atoms with Crippen LogP contribution in [-0.4, -0.2) is 29.3 Å². The van der Waals surface area contributed by atoms with Gasteiger partial charge < -0.3 is 4.90 Å². The summed E-state index contributed by atoms with van der Waals surface area (Å²) in [5, 5.41) is 0. The molecule has 2 aliphatic carbocycles. The van der Waals surface area contributed by atoms with Crippen LogP contribution in [0.2, 0.25) is 0 Å². The average molecular weight is 242 g/mol. The Kier molecular flexibility index (Phi) is 2.87. The molecule has 3 heteroatoms. The van der Waals surface area contributed by atoms with E-state index in [1.807, 2.05) is 0 Å². The van der Waals surface area contributed by atoms with Crippen LogP contribution < -0.4 is 0 Å². The van der Waals surface area contributed by atoms with Crippen molar-refractivity contribution in [3.8, 4) is 0 Å². The molecule has 0 radical (unpaired) electrons. The van der Waals surface area contributed by atoms with E-state index >= 15 is 0 Å². The highest BCUT2D eigenvalue weighted by molar-refractivity contribution is 6.18. The van der Waals surface area contributed by atoms with Crippen molar-refractivity contribution in [2.45, 2.75) is 44.6 Å². The van der Waals surface area contributed by atoms with Crippen molar-refractivity contribution in [3.63, 3.8) is 0 Å². The average Bonchev–Trinajstić information content (AvgIpc) is 3.02. The number of fused-ring (bicyclic) bond motifs is 2. The van der Waals surface area contributed by atoms with Gasteiger partial charge >= 0.3 is 0 Å². The lowest BCUT2D eigenvalue weighted by atomic mass is 9.87. The second-order valence-electron chi connectivity index (χ2n) is 5.76. The van der Waals surface area contributed by atoms with Crippen molar-refractivity contribution in [2.75, 3.05) is 12.4 Å². The van der Waals surface area contributed by atoms with E-state index in [1.54, 1.807) is 0 Å². The molecule has 3 aliphatic rings. The van der Waals surface area contributed by atoms with Gasteiger partial charge in [-0.3, -0.25) is 4.79 Å². The molecule has 90 valence electrons. The fourth-order valence-electron chi connectivity index (χ4n) is 4.05. The van der Waals surface area contributed by atoms with E-state index in [0.717, 1.165) is 31.7 Å². The van der Waals surface area contributed by atoms with Crippen LogP contribution in [0, 0.1) is 17.8 Å². The zero-order chi connectivity index (χ0) is 11.1. The molecule has 0 N–H and O–H groups in total. The first-order valence-electron chi connectivity index (χ1n) is 6.66. The molecule has 0 aromatic rings. The molecule has 0 aromatic heterocycles. The number of halogens is 1.